The fraction of sp³-hybridized carbons (Fsp3) is 0.267. The first-order valence-corrected chi connectivity index (χ1v) is 8.07. The summed E-state index contributed by atoms with van der Waals surface area (Å²) in [6.45, 7) is 5.11. The molecule has 0 aliphatic heterocycles. The van der Waals surface area contributed by atoms with Gasteiger partial charge in [0.05, 0.1) is 11.0 Å². The van der Waals surface area contributed by atoms with Gasteiger partial charge in [0.2, 0.25) is 0 Å². The second-order valence-electron chi connectivity index (χ2n) is 4.86. The number of thioether (sulfide) groups is 1. The van der Waals surface area contributed by atoms with Crippen molar-refractivity contribution < 1.29 is 0 Å². The number of H-pyrrole nitrogens is 1. The summed E-state index contributed by atoms with van der Waals surface area (Å²) in [6, 6.07) is 7.74. The Morgan fingerprint density at radius 3 is 3.09 bits per heavy atom. The summed E-state index contributed by atoms with van der Waals surface area (Å²) < 4.78 is 3.74. The van der Waals surface area contributed by atoms with Crippen molar-refractivity contribution in [2.45, 2.75) is 24.7 Å². The Hall–Kier alpha value is -2.28. The summed E-state index contributed by atoms with van der Waals surface area (Å²) in [5, 5.41) is 8.88. The SMILES string of the molecule is C=CCn1cnnc1SCCCn1c(=O)[nH]c2ccccc21. The van der Waals surface area contributed by atoms with Crippen molar-refractivity contribution >= 4 is 22.8 Å². The number of hydrogen-bond acceptors (Lipinski definition) is 4. The van der Waals surface area contributed by atoms with Gasteiger partial charge >= 0.3 is 5.69 Å². The molecule has 0 fully saturated rings. The van der Waals surface area contributed by atoms with E-state index >= 15 is 0 Å². The first-order valence-electron chi connectivity index (χ1n) is 7.08. The van der Waals surface area contributed by atoms with Crippen molar-refractivity contribution in [3.05, 3.63) is 53.7 Å². The van der Waals surface area contributed by atoms with Gasteiger partial charge in [-0.1, -0.05) is 30.0 Å². The summed E-state index contributed by atoms with van der Waals surface area (Å²) in [5.41, 5.74) is 1.78. The van der Waals surface area contributed by atoms with Crippen LogP contribution in [0.5, 0.6) is 0 Å². The predicted molar refractivity (Wildman–Crippen MR) is 88.1 cm³/mol. The molecule has 6 nitrogen and oxygen atoms in total. The minimum atomic E-state index is -0.0546. The quantitative estimate of drug-likeness (QED) is 0.413. The van der Waals surface area contributed by atoms with E-state index in [4.69, 9.17) is 0 Å². The van der Waals surface area contributed by atoms with Crippen LogP contribution in [0.3, 0.4) is 0 Å². The van der Waals surface area contributed by atoms with Crippen molar-refractivity contribution in [2.75, 3.05) is 5.75 Å². The number of para-hydroxylation sites is 2. The third-order valence-electron chi connectivity index (χ3n) is 3.34. The summed E-state index contributed by atoms with van der Waals surface area (Å²) in [7, 11) is 0. The van der Waals surface area contributed by atoms with Crippen molar-refractivity contribution in [2.24, 2.45) is 0 Å². The number of fused-ring (bicyclic) bond motifs is 1. The molecular formula is C15H17N5OS. The van der Waals surface area contributed by atoms with Gasteiger partial charge in [0, 0.05) is 18.8 Å². The van der Waals surface area contributed by atoms with Gasteiger partial charge in [-0.15, -0.1) is 16.8 Å². The van der Waals surface area contributed by atoms with Gasteiger partial charge in [-0.3, -0.25) is 4.57 Å². The van der Waals surface area contributed by atoms with Crippen LogP contribution in [0.1, 0.15) is 6.42 Å². The number of nitrogens with zero attached hydrogens (tertiary/aromatic N) is 4. The van der Waals surface area contributed by atoms with Gasteiger partial charge in [0.1, 0.15) is 6.33 Å². The molecule has 2 heterocycles. The average molecular weight is 315 g/mol. The smallest absolute Gasteiger partial charge is 0.306 e. The minimum absolute atomic E-state index is 0.0546. The third kappa shape index (κ3) is 2.99. The van der Waals surface area contributed by atoms with Crippen LogP contribution in [0.15, 0.2) is 53.2 Å². The van der Waals surface area contributed by atoms with Gasteiger partial charge in [-0.2, -0.15) is 0 Å². The topological polar surface area (TPSA) is 68.5 Å². The molecule has 114 valence electrons. The molecule has 0 spiro atoms. The Bertz CT molecular complexity index is 832. The normalized spacial score (nSPS) is 11.1. The molecule has 1 aromatic carbocycles. The zero-order valence-corrected chi connectivity index (χ0v) is 12.9. The lowest BCUT2D eigenvalue weighted by Crippen LogP contribution is -2.17. The van der Waals surface area contributed by atoms with E-state index in [1.807, 2.05) is 34.9 Å². The fourth-order valence-electron chi connectivity index (χ4n) is 2.34. The molecule has 22 heavy (non-hydrogen) atoms. The molecule has 1 N–H and O–H groups in total. The Kier molecular flexibility index (Phi) is 4.43. The highest BCUT2D eigenvalue weighted by atomic mass is 32.2. The number of aryl methyl sites for hydroxylation is 1. The number of imidazole rings is 1. The number of aromatic nitrogens is 5. The van der Waals surface area contributed by atoms with E-state index in [1.54, 1.807) is 22.7 Å². The second-order valence-corrected chi connectivity index (χ2v) is 5.92. The molecule has 2 aromatic heterocycles. The zero-order chi connectivity index (χ0) is 15.4. The molecule has 0 radical (unpaired) electrons. The largest absolute Gasteiger partial charge is 0.326 e. The third-order valence-corrected chi connectivity index (χ3v) is 4.41. The monoisotopic (exact) mass is 315 g/mol. The molecule has 0 saturated carbocycles. The first kappa shape index (κ1) is 14.6. The maximum atomic E-state index is 12.0. The van der Waals surface area contributed by atoms with Crippen LogP contribution in [0.4, 0.5) is 0 Å². The molecule has 0 unspecified atom stereocenters. The van der Waals surface area contributed by atoms with Gasteiger partial charge < -0.3 is 9.55 Å². The lowest BCUT2D eigenvalue weighted by Gasteiger charge is -2.04. The molecule has 0 saturated heterocycles. The van der Waals surface area contributed by atoms with Crippen molar-refractivity contribution in [3.63, 3.8) is 0 Å². The molecule has 0 aliphatic rings. The molecule has 0 atom stereocenters. The summed E-state index contributed by atoms with van der Waals surface area (Å²) in [6.07, 6.45) is 4.40. The van der Waals surface area contributed by atoms with Gasteiger partial charge in [-0.05, 0) is 18.6 Å². The lowest BCUT2D eigenvalue weighted by atomic mass is 10.3. The van der Waals surface area contributed by atoms with E-state index in [9.17, 15) is 4.79 Å². The standard InChI is InChI=1S/C15H17N5OS/c1-2-8-19-11-16-18-15(19)22-10-5-9-20-13-7-4-3-6-12(13)17-14(20)21/h2-4,6-7,11H,1,5,8-10H2,(H,17,21). The molecule has 3 rings (SSSR count). The highest BCUT2D eigenvalue weighted by Gasteiger charge is 2.07. The van der Waals surface area contributed by atoms with Crippen LogP contribution in [-0.2, 0) is 13.1 Å². The molecular weight excluding hydrogens is 298 g/mol. The summed E-state index contributed by atoms with van der Waals surface area (Å²) >= 11 is 1.64. The Balaban J connectivity index is 1.61. The highest BCUT2D eigenvalue weighted by Crippen LogP contribution is 2.16. The van der Waals surface area contributed by atoms with Crippen LogP contribution in [0, 0.1) is 0 Å². The number of rotatable bonds is 7. The van der Waals surface area contributed by atoms with E-state index in [0.29, 0.717) is 13.1 Å². The Labute approximate surface area is 131 Å². The van der Waals surface area contributed by atoms with Gasteiger partial charge in [-0.25, -0.2) is 4.79 Å². The zero-order valence-electron chi connectivity index (χ0n) is 12.1. The van der Waals surface area contributed by atoms with Gasteiger partial charge in [0.25, 0.3) is 0 Å². The van der Waals surface area contributed by atoms with Crippen LogP contribution < -0.4 is 5.69 Å². The number of benzene rings is 1. The summed E-state index contributed by atoms with van der Waals surface area (Å²) in [5.74, 6) is 0.877. The fourth-order valence-corrected chi connectivity index (χ4v) is 3.18. The predicted octanol–water partition coefficient (Wildman–Crippen LogP) is 2.29. The Morgan fingerprint density at radius 1 is 1.36 bits per heavy atom. The van der Waals surface area contributed by atoms with E-state index in [2.05, 4.69) is 21.8 Å². The molecule has 0 aliphatic carbocycles. The number of allylic oxidation sites excluding steroid dienone is 1. The van der Waals surface area contributed by atoms with Crippen LogP contribution in [-0.4, -0.2) is 30.1 Å². The van der Waals surface area contributed by atoms with Crippen LogP contribution >= 0.6 is 11.8 Å². The van der Waals surface area contributed by atoms with Crippen molar-refractivity contribution in [3.8, 4) is 0 Å². The van der Waals surface area contributed by atoms with E-state index in [-0.39, 0.29) is 5.69 Å². The first-order chi connectivity index (χ1) is 10.8. The minimum Gasteiger partial charge on any atom is -0.306 e. The molecule has 3 aromatic rings. The highest BCUT2D eigenvalue weighted by molar-refractivity contribution is 7.99. The second kappa shape index (κ2) is 6.65. The van der Waals surface area contributed by atoms with E-state index < -0.39 is 0 Å². The lowest BCUT2D eigenvalue weighted by molar-refractivity contribution is 0.676. The van der Waals surface area contributed by atoms with Gasteiger partial charge in [0.15, 0.2) is 5.16 Å². The van der Waals surface area contributed by atoms with E-state index in [1.165, 1.54) is 0 Å². The van der Waals surface area contributed by atoms with Crippen LogP contribution in [0.2, 0.25) is 0 Å². The number of aromatic amines is 1. The molecule has 0 amide bonds. The van der Waals surface area contributed by atoms with Crippen molar-refractivity contribution in [1.82, 2.24) is 24.3 Å². The summed E-state index contributed by atoms with van der Waals surface area (Å²) in [4.78, 5) is 14.8. The number of nitrogens with one attached hydrogen (secondary N) is 1. The number of hydrogen-bond donors (Lipinski definition) is 1. The maximum Gasteiger partial charge on any atom is 0.326 e. The average Bonchev–Trinajstić information content (AvgIpc) is 3.08. The van der Waals surface area contributed by atoms with Crippen molar-refractivity contribution in [1.29, 1.82) is 0 Å². The van der Waals surface area contributed by atoms with Crippen LogP contribution in [0.25, 0.3) is 11.0 Å². The molecule has 7 heteroatoms. The maximum absolute atomic E-state index is 12.0. The molecule has 0 bridgehead atoms. The van der Waals surface area contributed by atoms with E-state index in [0.717, 1.165) is 28.4 Å². The Morgan fingerprint density at radius 2 is 2.23 bits per heavy atom.